The van der Waals surface area contributed by atoms with Crippen LogP contribution in [0, 0.1) is 6.92 Å². The highest BCUT2D eigenvalue weighted by Gasteiger charge is 2.32. The zero-order valence-electron chi connectivity index (χ0n) is 8.63. The Hall–Kier alpha value is -1.50. The van der Waals surface area contributed by atoms with Crippen molar-refractivity contribution < 1.29 is 27.8 Å². The SMILES string of the molecule is COc1nc(OC(F)(F)F)cc(C)c1CO. The Balaban J connectivity index is 3.10. The van der Waals surface area contributed by atoms with Gasteiger partial charge in [-0.3, -0.25) is 0 Å². The Bertz CT molecular complexity index is 379. The first-order valence-corrected chi connectivity index (χ1v) is 4.28. The van der Waals surface area contributed by atoms with Gasteiger partial charge in [0.15, 0.2) is 0 Å². The number of hydrogen-bond donors (Lipinski definition) is 1. The molecule has 16 heavy (non-hydrogen) atoms. The molecule has 0 fully saturated rings. The molecule has 0 radical (unpaired) electrons. The molecule has 7 heteroatoms. The zero-order valence-corrected chi connectivity index (χ0v) is 8.63. The third-order valence-corrected chi connectivity index (χ3v) is 1.86. The van der Waals surface area contributed by atoms with Gasteiger partial charge in [-0.15, -0.1) is 13.2 Å². The summed E-state index contributed by atoms with van der Waals surface area (Å²) in [6.07, 6.45) is -4.80. The molecule has 1 aromatic rings. The van der Waals surface area contributed by atoms with Gasteiger partial charge < -0.3 is 14.6 Å². The number of aliphatic hydroxyl groups excluding tert-OH is 1. The second-order valence-electron chi connectivity index (χ2n) is 2.97. The third kappa shape index (κ3) is 2.99. The lowest BCUT2D eigenvalue weighted by Crippen LogP contribution is -2.18. The topological polar surface area (TPSA) is 51.6 Å². The first-order chi connectivity index (χ1) is 7.37. The van der Waals surface area contributed by atoms with E-state index in [0.29, 0.717) is 11.1 Å². The number of methoxy groups -OCH3 is 1. The highest BCUT2D eigenvalue weighted by atomic mass is 19.4. The minimum absolute atomic E-state index is 0.0817. The van der Waals surface area contributed by atoms with Gasteiger partial charge in [0.05, 0.1) is 13.7 Å². The maximum Gasteiger partial charge on any atom is 0.574 e. The number of pyridine rings is 1. The van der Waals surface area contributed by atoms with E-state index in [0.717, 1.165) is 6.07 Å². The van der Waals surface area contributed by atoms with E-state index in [9.17, 15) is 13.2 Å². The summed E-state index contributed by atoms with van der Waals surface area (Å²) in [6.45, 7) is 1.16. The van der Waals surface area contributed by atoms with Crippen molar-refractivity contribution in [3.05, 3.63) is 17.2 Å². The van der Waals surface area contributed by atoms with Gasteiger partial charge in [-0.25, -0.2) is 0 Å². The van der Waals surface area contributed by atoms with Gasteiger partial charge in [-0.05, 0) is 12.5 Å². The summed E-state index contributed by atoms with van der Waals surface area (Å²) in [7, 11) is 1.25. The van der Waals surface area contributed by atoms with Crippen molar-refractivity contribution in [2.24, 2.45) is 0 Å². The molecule has 1 rings (SSSR count). The molecule has 0 bridgehead atoms. The van der Waals surface area contributed by atoms with Crippen LogP contribution in [0.25, 0.3) is 0 Å². The second kappa shape index (κ2) is 4.56. The number of ether oxygens (including phenoxy) is 2. The number of nitrogens with zero attached hydrogens (tertiary/aromatic N) is 1. The van der Waals surface area contributed by atoms with Gasteiger partial charge in [0.2, 0.25) is 11.8 Å². The molecule has 0 unspecified atom stereocenters. The van der Waals surface area contributed by atoms with E-state index in [1.807, 2.05) is 0 Å². The summed E-state index contributed by atoms with van der Waals surface area (Å²) in [5.74, 6) is -0.694. The molecule has 0 aliphatic carbocycles. The van der Waals surface area contributed by atoms with E-state index >= 15 is 0 Å². The molecule has 0 saturated heterocycles. The van der Waals surface area contributed by atoms with Crippen LogP contribution in [0.5, 0.6) is 11.8 Å². The summed E-state index contributed by atoms with van der Waals surface area (Å²) >= 11 is 0. The number of halogens is 3. The predicted octanol–water partition coefficient (Wildman–Crippen LogP) is 1.79. The van der Waals surface area contributed by atoms with Crippen LogP contribution in [0.4, 0.5) is 13.2 Å². The molecular formula is C9H10F3NO3. The molecule has 0 amide bonds. The fraction of sp³-hybridized carbons (Fsp3) is 0.444. The van der Waals surface area contributed by atoms with Crippen LogP contribution in [-0.2, 0) is 6.61 Å². The number of aryl methyl sites for hydroxylation is 1. The van der Waals surface area contributed by atoms with E-state index in [4.69, 9.17) is 9.84 Å². The summed E-state index contributed by atoms with van der Waals surface area (Å²) in [6, 6.07) is 1.08. The molecule has 0 aliphatic heterocycles. The van der Waals surface area contributed by atoms with Crippen molar-refractivity contribution in [3.8, 4) is 11.8 Å². The lowest BCUT2D eigenvalue weighted by Gasteiger charge is -2.12. The first-order valence-electron chi connectivity index (χ1n) is 4.28. The summed E-state index contributed by atoms with van der Waals surface area (Å²) < 4.78 is 44.2. The third-order valence-electron chi connectivity index (χ3n) is 1.86. The minimum Gasteiger partial charge on any atom is -0.481 e. The molecule has 1 N–H and O–H groups in total. The van der Waals surface area contributed by atoms with Crippen LogP contribution in [0.2, 0.25) is 0 Å². The summed E-state index contributed by atoms with van der Waals surface area (Å²) in [5.41, 5.74) is 0.741. The average Bonchev–Trinajstić information content (AvgIpc) is 2.14. The standard InChI is InChI=1S/C9H10F3NO3/c1-5-3-7(16-9(10,11)12)13-8(15-2)6(5)4-14/h3,14H,4H2,1-2H3. The average molecular weight is 237 g/mol. The van der Waals surface area contributed by atoms with Gasteiger partial charge in [-0.1, -0.05) is 0 Å². The smallest absolute Gasteiger partial charge is 0.481 e. The molecule has 0 aliphatic rings. The quantitative estimate of drug-likeness (QED) is 0.870. The molecule has 0 aromatic carbocycles. The van der Waals surface area contributed by atoms with Gasteiger partial charge in [0.25, 0.3) is 0 Å². The molecule has 0 saturated carbocycles. The molecule has 0 atom stereocenters. The maximum atomic E-state index is 11.9. The van der Waals surface area contributed by atoms with Crippen molar-refractivity contribution in [3.63, 3.8) is 0 Å². The van der Waals surface area contributed by atoms with Gasteiger partial charge in [-0.2, -0.15) is 4.98 Å². The minimum atomic E-state index is -4.80. The van der Waals surface area contributed by atoms with E-state index in [2.05, 4.69) is 9.72 Å². The number of hydrogen-bond acceptors (Lipinski definition) is 4. The van der Waals surface area contributed by atoms with Crippen LogP contribution in [-0.4, -0.2) is 23.6 Å². The molecular weight excluding hydrogens is 227 g/mol. The Morgan fingerprint density at radius 3 is 2.50 bits per heavy atom. The van der Waals surface area contributed by atoms with Crippen molar-refractivity contribution >= 4 is 0 Å². The van der Waals surface area contributed by atoms with E-state index in [1.54, 1.807) is 0 Å². The normalized spacial score (nSPS) is 11.4. The van der Waals surface area contributed by atoms with E-state index in [-0.39, 0.29) is 12.5 Å². The Morgan fingerprint density at radius 1 is 1.44 bits per heavy atom. The predicted molar refractivity (Wildman–Crippen MR) is 48.1 cm³/mol. The molecule has 0 spiro atoms. The summed E-state index contributed by atoms with van der Waals surface area (Å²) in [5, 5.41) is 8.97. The lowest BCUT2D eigenvalue weighted by molar-refractivity contribution is -0.276. The fourth-order valence-electron chi connectivity index (χ4n) is 1.17. The van der Waals surface area contributed by atoms with Crippen molar-refractivity contribution in [2.75, 3.05) is 7.11 Å². The van der Waals surface area contributed by atoms with Crippen molar-refractivity contribution in [1.29, 1.82) is 0 Å². The first kappa shape index (κ1) is 12.6. The molecule has 4 nitrogen and oxygen atoms in total. The maximum absolute atomic E-state index is 11.9. The van der Waals surface area contributed by atoms with Crippen LogP contribution in [0.15, 0.2) is 6.07 Å². The van der Waals surface area contributed by atoms with Crippen LogP contribution < -0.4 is 9.47 Å². The highest BCUT2D eigenvalue weighted by Crippen LogP contribution is 2.27. The highest BCUT2D eigenvalue weighted by molar-refractivity contribution is 5.37. The Kier molecular flexibility index (Phi) is 3.58. The fourth-order valence-corrected chi connectivity index (χ4v) is 1.17. The number of rotatable bonds is 3. The lowest BCUT2D eigenvalue weighted by atomic mass is 10.1. The van der Waals surface area contributed by atoms with Crippen LogP contribution in [0.3, 0.4) is 0 Å². The van der Waals surface area contributed by atoms with E-state index in [1.165, 1.54) is 14.0 Å². The largest absolute Gasteiger partial charge is 0.574 e. The Morgan fingerprint density at radius 2 is 2.06 bits per heavy atom. The van der Waals surface area contributed by atoms with Gasteiger partial charge in [0.1, 0.15) is 0 Å². The monoisotopic (exact) mass is 237 g/mol. The Labute approximate surface area is 89.6 Å². The summed E-state index contributed by atoms with van der Waals surface area (Å²) in [4.78, 5) is 3.48. The second-order valence-corrected chi connectivity index (χ2v) is 2.97. The van der Waals surface area contributed by atoms with E-state index < -0.39 is 12.2 Å². The molecule has 1 aromatic heterocycles. The number of aliphatic hydroxyl groups is 1. The van der Waals surface area contributed by atoms with Crippen LogP contribution >= 0.6 is 0 Å². The van der Waals surface area contributed by atoms with Crippen LogP contribution in [0.1, 0.15) is 11.1 Å². The van der Waals surface area contributed by atoms with Gasteiger partial charge in [0, 0.05) is 11.6 Å². The zero-order chi connectivity index (χ0) is 12.3. The van der Waals surface area contributed by atoms with Crippen molar-refractivity contribution in [1.82, 2.24) is 4.98 Å². The number of alkyl halides is 3. The number of aromatic nitrogens is 1. The van der Waals surface area contributed by atoms with Gasteiger partial charge >= 0.3 is 6.36 Å². The molecule has 90 valence electrons. The molecule has 1 heterocycles. The van der Waals surface area contributed by atoms with Crippen molar-refractivity contribution in [2.45, 2.75) is 19.9 Å².